The molecule has 0 N–H and O–H groups in total. The van der Waals surface area contributed by atoms with E-state index in [0.717, 1.165) is 47.3 Å². The first-order chi connectivity index (χ1) is 18.3. The molecule has 4 fully saturated rings. The summed E-state index contributed by atoms with van der Waals surface area (Å²) in [6.45, 7) is 14.5. The molecule has 218 valence electrons. The van der Waals surface area contributed by atoms with Crippen LogP contribution in [0.15, 0.2) is 48.6 Å². The molecule has 6 rings (SSSR count). The van der Waals surface area contributed by atoms with Crippen LogP contribution in [0.1, 0.15) is 80.1 Å². The first-order valence-electron chi connectivity index (χ1n) is 15.6. The van der Waals surface area contributed by atoms with Gasteiger partial charge in [0.15, 0.2) is 0 Å². The van der Waals surface area contributed by atoms with Crippen molar-refractivity contribution < 1.29 is 26.2 Å². The molecule has 4 saturated carbocycles. The molecule has 41 heavy (non-hydrogen) atoms. The Kier molecular flexibility index (Phi) is 15.2. The molecule has 0 saturated heterocycles. The molecule has 1 heteroatoms. The topological polar surface area (TPSA) is 0 Å². The predicted octanol–water partition coefficient (Wildman–Crippen LogP) is 10.8. The molecule has 0 aliphatic heterocycles. The van der Waals surface area contributed by atoms with Gasteiger partial charge in [-0.2, -0.15) is 0 Å². The maximum absolute atomic E-state index is 2.43. The first-order valence-corrected chi connectivity index (χ1v) is 15.6. The monoisotopic (exact) mass is 626 g/mol. The van der Waals surface area contributed by atoms with Crippen molar-refractivity contribution in [1.82, 2.24) is 0 Å². The molecular formula is C40H56Zr+2. The predicted molar refractivity (Wildman–Crippen MR) is 176 cm³/mol. The maximum atomic E-state index is 2.43. The van der Waals surface area contributed by atoms with Crippen molar-refractivity contribution in [2.45, 2.75) is 80.1 Å². The van der Waals surface area contributed by atoms with E-state index in [0.29, 0.717) is 0 Å². The number of allylic oxidation sites excluding steroid dienone is 8. The quantitative estimate of drug-likeness (QED) is 0.272. The van der Waals surface area contributed by atoms with E-state index in [4.69, 9.17) is 0 Å². The molecule has 0 aromatic rings. The summed E-state index contributed by atoms with van der Waals surface area (Å²) in [5, 5.41) is 0. The minimum atomic E-state index is 0. The SMILES string of the molecule is CC(C)[C@@H]1CC[C@@H](C)C[C@@H]1[C]1[CH][CH][C]2C=CC=C[C]21.CC(C)[C@@H]1CC[C@@H](C)C[C@@H]1[C]1[CH][CH][C]2C=CC=C[C]21.[CH3-].[CH3-].[Zr+4]. The van der Waals surface area contributed by atoms with Crippen molar-refractivity contribution in [3.05, 3.63) is 125 Å². The minimum absolute atomic E-state index is 0. The third kappa shape index (κ3) is 8.52. The van der Waals surface area contributed by atoms with Gasteiger partial charge in [-0.15, -0.1) is 0 Å². The summed E-state index contributed by atoms with van der Waals surface area (Å²) in [6.07, 6.45) is 35.5. The summed E-state index contributed by atoms with van der Waals surface area (Å²) in [6, 6.07) is 0. The van der Waals surface area contributed by atoms with Crippen molar-refractivity contribution in [1.29, 1.82) is 0 Å². The molecule has 0 nitrogen and oxygen atoms in total. The molecule has 0 aromatic heterocycles. The third-order valence-corrected chi connectivity index (χ3v) is 10.3. The summed E-state index contributed by atoms with van der Waals surface area (Å²) < 4.78 is 0. The fraction of sp³-hybridized carbons (Fsp3) is 0.500. The zero-order chi connectivity index (χ0) is 26.8. The Labute approximate surface area is 276 Å². The Morgan fingerprint density at radius 2 is 0.902 bits per heavy atom. The maximum Gasteiger partial charge on any atom is 4.00 e. The van der Waals surface area contributed by atoms with Gasteiger partial charge < -0.3 is 14.9 Å². The average Bonchev–Trinajstić information content (AvgIpc) is 3.53. The molecule has 0 spiro atoms. The Morgan fingerprint density at radius 1 is 0.537 bits per heavy atom. The average molecular weight is 628 g/mol. The summed E-state index contributed by atoms with van der Waals surface area (Å²) in [5.41, 5.74) is 0. The summed E-state index contributed by atoms with van der Waals surface area (Å²) in [4.78, 5) is 0. The second-order valence-electron chi connectivity index (χ2n) is 13.6. The molecule has 6 aliphatic carbocycles. The van der Waals surface area contributed by atoms with Crippen LogP contribution in [0.4, 0.5) is 0 Å². The number of hydrogen-bond acceptors (Lipinski definition) is 0. The zero-order valence-electron chi connectivity index (χ0n) is 27.3. The van der Waals surface area contributed by atoms with Gasteiger partial charge in [0, 0.05) is 23.7 Å². The van der Waals surface area contributed by atoms with Crippen LogP contribution in [0.2, 0.25) is 0 Å². The fourth-order valence-electron chi connectivity index (χ4n) is 8.12. The molecule has 6 aliphatic rings. The van der Waals surface area contributed by atoms with Crippen LogP contribution in [-0.2, 0) is 26.2 Å². The van der Waals surface area contributed by atoms with Crippen LogP contribution in [0.25, 0.3) is 0 Å². The third-order valence-electron chi connectivity index (χ3n) is 10.3. The molecule has 6 atom stereocenters. The fourth-order valence-corrected chi connectivity index (χ4v) is 8.12. The van der Waals surface area contributed by atoms with Crippen LogP contribution in [0.3, 0.4) is 0 Å². The van der Waals surface area contributed by atoms with Gasteiger partial charge in [-0.25, -0.2) is 0 Å². The summed E-state index contributed by atoms with van der Waals surface area (Å²) in [7, 11) is 0. The molecule has 10 radical (unpaired) electrons. The van der Waals surface area contributed by atoms with Gasteiger partial charge >= 0.3 is 26.2 Å². The Bertz CT molecular complexity index is 803. The van der Waals surface area contributed by atoms with E-state index in [1.165, 1.54) is 62.2 Å². The van der Waals surface area contributed by atoms with Crippen molar-refractivity contribution in [3.63, 3.8) is 0 Å². The van der Waals surface area contributed by atoms with Crippen molar-refractivity contribution in [2.75, 3.05) is 0 Å². The van der Waals surface area contributed by atoms with Crippen LogP contribution >= 0.6 is 0 Å². The standard InChI is InChI=1S/2C19H25.2CH3.Zr/c2*1-13(2)16-10-8-14(3)12-19(16)18-11-9-15-6-4-5-7-17(15)18;;;/h2*4-7,9,11,13-14,16,19H,8,10,12H2,1-3H3;2*1H3;/q;;2*-1;+4/t2*14-,16+,19+;;;/m11.../s1. The zero-order valence-corrected chi connectivity index (χ0v) is 29.7. The van der Waals surface area contributed by atoms with Crippen LogP contribution in [-0.4, -0.2) is 0 Å². The van der Waals surface area contributed by atoms with Gasteiger partial charge in [0.2, 0.25) is 0 Å². The molecule has 0 aromatic carbocycles. The normalized spacial score (nSPS) is 34.4. The van der Waals surface area contributed by atoms with Crippen LogP contribution in [0, 0.1) is 123 Å². The van der Waals surface area contributed by atoms with Gasteiger partial charge in [0.05, 0.1) is 0 Å². The van der Waals surface area contributed by atoms with Crippen molar-refractivity contribution in [2.24, 2.45) is 47.3 Å². The van der Waals surface area contributed by atoms with E-state index in [1.54, 1.807) is 11.8 Å². The Morgan fingerprint density at radius 3 is 1.27 bits per heavy atom. The second-order valence-corrected chi connectivity index (χ2v) is 13.6. The van der Waals surface area contributed by atoms with E-state index in [-0.39, 0.29) is 41.1 Å². The summed E-state index contributed by atoms with van der Waals surface area (Å²) >= 11 is 0. The van der Waals surface area contributed by atoms with E-state index >= 15 is 0 Å². The molecule has 0 unspecified atom stereocenters. The second kappa shape index (κ2) is 16.8. The van der Waals surface area contributed by atoms with E-state index in [2.05, 4.69) is 116 Å². The van der Waals surface area contributed by atoms with Gasteiger partial charge in [-0.3, -0.25) is 0 Å². The number of fused-ring (bicyclic) bond motifs is 2. The van der Waals surface area contributed by atoms with Gasteiger partial charge in [-0.05, 0) is 111 Å². The van der Waals surface area contributed by atoms with Gasteiger partial charge in [0.25, 0.3) is 0 Å². The van der Waals surface area contributed by atoms with Gasteiger partial charge in [0.1, 0.15) is 0 Å². The Hall–Kier alpha value is -0.157. The molecule has 0 amide bonds. The van der Waals surface area contributed by atoms with Crippen LogP contribution < -0.4 is 0 Å². The van der Waals surface area contributed by atoms with E-state index < -0.39 is 0 Å². The summed E-state index contributed by atoms with van der Waals surface area (Å²) in [5.74, 6) is 15.7. The molecular weight excluding hydrogens is 572 g/mol. The first kappa shape index (κ1) is 37.0. The van der Waals surface area contributed by atoms with E-state index in [9.17, 15) is 0 Å². The van der Waals surface area contributed by atoms with Crippen LogP contribution in [0.5, 0.6) is 0 Å². The smallest absolute Gasteiger partial charge is 0.358 e. The molecule has 0 bridgehead atoms. The minimum Gasteiger partial charge on any atom is -0.358 e. The van der Waals surface area contributed by atoms with Gasteiger partial charge in [-0.1, -0.05) is 103 Å². The van der Waals surface area contributed by atoms with E-state index in [1.807, 2.05) is 0 Å². The largest absolute Gasteiger partial charge is 4.00 e. The number of hydrogen-bond donors (Lipinski definition) is 0. The Balaban J connectivity index is 0.000000267. The van der Waals surface area contributed by atoms with Crippen molar-refractivity contribution >= 4 is 0 Å². The van der Waals surface area contributed by atoms with Crippen molar-refractivity contribution in [3.8, 4) is 0 Å². The molecule has 0 heterocycles. The number of rotatable bonds is 4.